The first-order valence-corrected chi connectivity index (χ1v) is 5.77. The molecule has 0 aliphatic rings. The maximum Gasteiger partial charge on any atom is 0.130 e. The summed E-state index contributed by atoms with van der Waals surface area (Å²) in [6.45, 7) is 0. The summed E-state index contributed by atoms with van der Waals surface area (Å²) in [5, 5.41) is 10.3. The molecule has 0 saturated heterocycles. The minimum atomic E-state index is -0.941. The summed E-state index contributed by atoms with van der Waals surface area (Å²) >= 11 is 5.66. The number of aliphatic hydroxyl groups excluding tert-OH is 1. The molecule has 1 aromatic carbocycles. The minimum absolute atomic E-state index is 0.217. The molecule has 0 radical (unpaired) electrons. The van der Waals surface area contributed by atoms with Crippen molar-refractivity contribution in [2.45, 2.75) is 12.5 Å². The number of hydrogen-bond donors (Lipinski definition) is 2. The lowest BCUT2D eigenvalue weighted by Gasteiger charge is -2.12. The van der Waals surface area contributed by atoms with Crippen molar-refractivity contribution in [1.29, 1.82) is 0 Å². The number of anilines is 1. The smallest absolute Gasteiger partial charge is 0.130 e. The van der Waals surface area contributed by atoms with Crippen molar-refractivity contribution in [3.63, 3.8) is 0 Å². The van der Waals surface area contributed by atoms with Crippen LogP contribution in [0.25, 0.3) is 0 Å². The molecule has 18 heavy (non-hydrogen) atoms. The summed E-state index contributed by atoms with van der Waals surface area (Å²) in [6, 6.07) is 7.59. The van der Waals surface area contributed by atoms with Gasteiger partial charge in [-0.05, 0) is 29.8 Å². The maximum atomic E-state index is 13.6. The summed E-state index contributed by atoms with van der Waals surface area (Å²) in [4.78, 5) is 3.85. The highest BCUT2D eigenvalue weighted by Gasteiger charge is 2.14. The van der Waals surface area contributed by atoms with Gasteiger partial charge in [0, 0.05) is 23.2 Å². The van der Waals surface area contributed by atoms with Crippen molar-refractivity contribution in [2.75, 3.05) is 5.73 Å². The van der Waals surface area contributed by atoms with Gasteiger partial charge < -0.3 is 10.8 Å². The van der Waals surface area contributed by atoms with Gasteiger partial charge in [0.1, 0.15) is 11.6 Å². The first-order chi connectivity index (χ1) is 8.56. The van der Waals surface area contributed by atoms with Crippen molar-refractivity contribution >= 4 is 17.4 Å². The van der Waals surface area contributed by atoms with Crippen LogP contribution in [0.4, 0.5) is 10.2 Å². The average molecular weight is 267 g/mol. The van der Waals surface area contributed by atoms with E-state index in [4.69, 9.17) is 17.3 Å². The van der Waals surface area contributed by atoms with E-state index in [1.807, 2.05) is 0 Å². The van der Waals surface area contributed by atoms with Crippen molar-refractivity contribution in [1.82, 2.24) is 4.98 Å². The highest BCUT2D eigenvalue weighted by Crippen LogP contribution is 2.23. The van der Waals surface area contributed by atoms with Crippen LogP contribution in [0.15, 0.2) is 36.5 Å². The number of rotatable bonds is 3. The Morgan fingerprint density at radius 1 is 1.33 bits per heavy atom. The Morgan fingerprint density at radius 2 is 2.11 bits per heavy atom. The van der Waals surface area contributed by atoms with Gasteiger partial charge in [-0.3, -0.25) is 0 Å². The number of nitrogens with two attached hydrogens (primary N) is 1. The Morgan fingerprint density at radius 3 is 2.78 bits per heavy atom. The third-order valence-electron chi connectivity index (χ3n) is 2.60. The van der Waals surface area contributed by atoms with E-state index >= 15 is 0 Å². The highest BCUT2D eigenvalue weighted by atomic mass is 35.5. The van der Waals surface area contributed by atoms with Crippen LogP contribution in [0.3, 0.4) is 0 Å². The van der Waals surface area contributed by atoms with Gasteiger partial charge in [0.25, 0.3) is 0 Å². The number of hydrogen-bond acceptors (Lipinski definition) is 3. The minimum Gasteiger partial charge on any atom is -0.388 e. The summed E-state index contributed by atoms with van der Waals surface area (Å²) < 4.78 is 13.6. The summed E-state index contributed by atoms with van der Waals surface area (Å²) in [7, 11) is 0. The number of benzene rings is 1. The van der Waals surface area contributed by atoms with Crippen molar-refractivity contribution in [3.05, 3.63) is 58.5 Å². The molecule has 3 nitrogen and oxygen atoms in total. The Hall–Kier alpha value is -1.65. The monoisotopic (exact) mass is 266 g/mol. The lowest BCUT2D eigenvalue weighted by Crippen LogP contribution is -2.05. The zero-order chi connectivity index (χ0) is 13.1. The molecule has 0 fully saturated rings. The molecule has 1 heterocycles. The molecule has 5 heteroatoms. The molecule has 0 amide bonds. The SMILES string of the molecule is Nc1cc(CC(O)c2ccc(Cl)cc2F)ccn1. The van der Waals surface area contributed by atoms with Crippen molar-refractivity contribution < 1.29 is 9.50 Å². The van der Waals surface area contributed by atoms with Gasteiger partial charge in [0.05, 0.1) is 6.10 Å². The fraction of sp³-hybridized carbons (Fsp3) is 0.154. The molecule has 3 N–H and O–H groups in total. The first-order valence-electron chi connectivity index (χ1n) is 5.39. The van der Waals surface area contributed by atoms with E-state index < -0.39 is 11.9 Å². The molecule has 0 aliphatic heterocycles. The summed E-state index contributed by atoms with van der Waals surface area (Å²) in [5.41, 5.74) is 6.55. The second kappa shape index (κ2) is 5.33. The molecule has 0 bridgehead atoms. The molecular formula is C13H12ClFN2O. The Bertz CT molecular complexity index is 562. The Labute approximate surface area is 109 Å². The van der Waals surface area contributed by atoms with E-state index in [-0.39, 0.29) is 12.0 Å². The molecule has 0 saturated carbocycles. The second-order valence-corrected chi connectivity index (χ2v) is 4.41. The van der Waals surface area contributed by atoms with Gasteiger partial charge in [-0.15, -0.1) is 0 Å². The highest BCUT2D eigenvalue weighted by molar-refractivity contribution is 6.30. The standard InChI is InChI=1S/C13H12ClFN2O/c14-9-1-2-10(11(15)7-9)12(18)5-8-3-4-17-13(16)6-8/h1-4,6-7,12,18H,5H2,(H2,16,17). The Kier molecular flexibility index (Phi) is 3.79. The van der Waals surface area contributed by atoms with Crippen molar-refractivity contribution in [3.8, 4) is 0 Å². The zero-order valence-corrected chi connectivity index (χ0v) is 10.2. The molecule has 1 atom stereocenters. The molecule has 1 unspecified atom stereocenters. The van der Waals surface area contributed by atoms with Gasteiger partial charge in [-0.2, -0.15) is 0 Å². The fourth-order valence-corrected chi connectivity index (χ4v) is 1.89. The topological polar surface area (TPSA) is 59.1 Å². The first kappa shape index (κ1) is 12.8. The van der Waals surface area contributed by atoms with Crippen LogP contribution in [-0.4, -0.2) is 10.1 Å². The van der Waals surface area contributed by atoms with E-state index in [0.717, 1.165) is 5.56 Å². The van der Waals surface area contributed by atoms with Gasteiger partial charge in [0.15, 0.2) is 0 Å². The second-order valence-electron chi connectivity index (χ2n) is 3.97. The fourth-order valence-electron chi connectivity index (χ4n) is 1.73. The number of nitrogen functional groups attached to an aromatic ring is 1. The van der Waals surface area contributed by atoms with Crippen LogP contribution in [0.5, 0.6) is 0 Å². The number of pyridine rings is 1. The van der Waals surface area contributed by atoms with E-state index in [2.05, 4.69) is 4.98 Å². The third-order valence-corrected chi connectivity index (χ3v) is 2.83. The maximum absolute atomic E-state index is 13.6. The predicted octanol–water partition coefficient (Wildman–Crippen LogP) is 2.73. The van der Waals surface area contributed by atoms with Gasteiger partial charge in [-0.25, -0.2) is 9.37 Å². The van der Waals surface area contributed by atoms with Gasteiger partial charge in [-0.1, -0.05) is 17.7 Å². The van der Waals surface area contributed by atoms with Crippen LogP contribution >= 0.6 is 11.6 Å². The zero-order valence-electron chi connectivity index (χ0n) is 9.48. The summed E-state index contributed by atoms with van der Waals surface area (Å²) in [6.07, 6.45) is 0.880. The van der Waals surface area contributed by atoms with Crippen LogP contribution in [0.1, 0.15) is 17.2 Å². The van der Waals surface area contributed by atoms with Crippen LogP contribution in [-0.2, 0) is 6.42 Å². The van der Waals surface area contributed by atoms with E-state index in [0.29, 0.717) is 10.8 Å². The number of aliphatic hydroxyl groups is 1. The molecular weight excluding hydrogens is 255 g/mol. The van der Waals surface area contributed by atoms with Crippen LogP contribution in [0.2, 0.25) is 5.02 Å². The van der Waals surface area contributed by atoms with E-state index in [1.165, 1.54) is 12.1 Å². The van der Waals surface area contributed by atoms with Crippen LogP contribution < -0.4 is 5.73 Å². The van der Waals surface area contributed by atoms with Crippen LogP contribution in [0, 0.1) is 5.82 Å². The lowest BCUT2D eigenvalue weighted by atomic mass is 10.0. The predicted molar refractivity (Wildman–Crippen MR) is 68.7 cm³/mol. The van der Waals surface area contributed by atoms with Gasteiger partial charge in [0.2, 0.25) is 0 Å². The number of halogens is 2. The molecule has 2 aromatic rings. The molecule has 94 valence electrons. The largest absolute Gasteiger partial charge is 0.388 e. The third kappa shape index (κ3) is 2.97. The number of aromatic nitrogens is 1. The van der Waals surface area contributed by atoms with E-state index in [9.17, 15) is 9.50 Å². The van der Waals surface area contributed by atoms with E-state index in [1.54, 1.807) is 24.4 Å². The molecule has 0 spiro atoms. The van der Waals surface area contributed by atoms with Crippen molar-refractivity contribution in [2.24, 2.45) is 0 Å². The molecule has 0 aliphatic carbocycles. The number of nitrogens with zero attached hydrogens (tertiary/aromatic N) is 1. The molecule has 1 aromatic heterocycles. The summed E-state index contributed by atoms with van der Waals surface area (Å²) in [5.74, 6) is -0.145. The lowest BCUT2D eigenvalue weighted by molar-refractivity contribution is 0.173. The van der Waals surface area contributed by atoms with Gasteiger partial charge >= 0.3 is 0 Å². The Balaban J connectivity index is 2.19. The average Bonchev–Trinajstić information content (AvgIpc) is 2.28. The quantitative estimate of drug-likeness (QED) is 0.898. The normalized spacial score (nSPS) is 12.4. The molecule has 2 rings (SSSR count).